The quantitative estimate of drug-likeness (QED) is 0.704. The van der Waals surface area contributed by atoms with Gasteiger partial charge in [0.25, 0.3) is 0 Å². The van der Waals surface area contributed by atoms with Crippen molar-refractivity contribution in [2.24, 2.45) is 4.99 Å². The molecule has 3 rings (SSSR count). The molecule has 2 heterocycles. The van der Waals surface area contributed by atoms with Gasteiger partial charge in [-0.1, -0.05) is 24.3 Å². The van der Waals surface area contributed by atoms with Crippen molar-refractivity contribution in [2.75, 3.05) is 6.61 Å². The maximum atomic E-state index is 5.47. The Morgan fingerprint density at radius 3 is 2.88 bits per heavy atom. The highest BCUT2D eigenvalue weighted by molar-refractivity contribution is 7.17. The lowest BCUT2D eigenvalue weighted by atomic mass is 10.2. The maximum absolute atomic E-state index is 5.47. The van der Waals surface area contributed by atoms with Gasteiger partial charge < -0.3 is 4.74 Å². The van der Waals surface area contributed by atoms with Crippen molar-refractivity contribution >= 4 is 26.0 Å². The Kier molecular flexibility index (Phi) is 2.33. The normalized spacial score (nSPS) is 19.6. The molecular formula is C12H11N2OP. The van der Waals surface area contributed by atoms with E-state index in [2.05, 4.69) is 19.2 Å². The molecule has 0 spiro atoms. The monoisotopic (exact) mass is 230 g/mol. The van der Waals surface area contributed by atoms with E-state index in [0.29, 0.717) is 12.5 Å². The minimum absolute atomic E-state index is 0.156. The lowest BCUT2D eigenvalue weighted by molar-refractivity contribution is 0.340. The van der Waals surface area contributed by atoms with Gasteiger partial charge in [-0.2, -0.15) is 0 Å². The van der Waals surface area contributed by atoms with Gasteiger partial charge in [0.05, 0.1) is 5.52 Å². The van der Waals surface area contributed by atoms with Crippen LogP contribution in [0.25, 0.3) is 10.9 Å². The molecule has 0 fully saturated rings. The standard InChI is InChI=1S/C12H11N2OP/c16-11-7-15-12(14-11)10-6-5-8-3-1-2-4-9(8)13-10/h1-6,11H,7,16H2. The van der Waals surface area contributed by atoms with Gasteiger partial charge in [0.2, 0.25) is 5.90 Å². The van der Waals surface area contributed by atoms with Gasteiger partial charge in [-0.05, 0) is 12.1 Å². The average molecular weight is 230 g/mol. The number of hydrogen-bond donors (Lipinski definition) is 0. The minimum Gasteiger partial charge on any atom is -0.474 e. The molecule has 0 saturated carbocycles. The topological polar surface area (TPSA) is 34.5 Å². The summed E-state index contributed by atoms with van der Waals surface area (Å²) in [6.07, 6.45) is 0. The third kappa shape index (κ3) is 1.68. The predicted molar refractivity (Wildman–Crippen MR) is 67.7 cm³/mol. The number of fused-ring (bicyclic) bond motifs is 1. The van der Waals surface area contributed by atoms with Crippen LogP contribution < -0.4 is 0 Å². The Bertz CT molecular complexity index is 568. The molecule has 1 aliphatic heterocycles. The van der Waals surface area contributed by atoms with Gasteiger partial charge in [-0.15, -0.1) is 9.24 Å². The molecule has 4 heteroatoms. The van der Waals surface area contributed by atoms with Crippen molar-refractivity contribution < 1.29 is 4.74 Å². The zero-order valence-corrected chi connectivity index (χ0v) is 9.78. The molecular weight excluding hydrogens is 219 g/mol. The summed E-state index contributed by atoms with van der Waals surface area (Å²) in [6, 6.07) is 12.0. The van der Waals surface area contributed by atoms with E-state index in [0.717, 1.165) is 16.6 Å². The number of pyridine rings is 1. The van der Waals surface area contributed by atoms with Crippen LogP contribution >= 0.6 is 9.24 Å². The number of para-hydroxylation sites is 1. The number of aromatic nitrogens is 1. The molecule has 1 aromatic carbocycles. The molecule has 2 atom stereocenters. The second kappa shape index (κ2) is 3.84. The van der Waals surface area contributed by atoms with E-state index in [1.165, 1.54) is 0 Å². The second-order valence-electron chi connectivity index (χ2n) is 3.70. The van der Waals surface area contributed by atoms with Crippen LogP contribution in [-0.2, 0) is 4.74 Å². The van der Waals surface area contributed by atoms with Crippen LogP contribution in [0.15, 0.2) is 41.4 Å². The molecule has 0 bridgehead atoms. The highest BCUT2D eigenvalue weighted by atomic mass is 31.0. The number of nitrogens with zero attached hydrogens (tertiary/aromatic N) is 2. The lowest BCUT2D eigenvalue weighted by Gasteiger charge is -2.02. The second-order valence-corrected chi connectivity index (χ2v) is 4.47. The predicted octanol–water partition coefficient (Wildman–Crippen LogP) is 2.21. The number of ether oxygens (including phenoxy) is 1. The summed E-state index contributed by atoms with van der Waals surface area (Å²) >= 11 is 0. The first-order chi connectivity index (χ1) is 7.83. The Labute approximate surface area is 95.8 Å². The number of hydrogen-bond acceptors (Lipinski definition) is 3. The van der Waals surface area contributed by atoms with E-state index >= 15 is 0 Å². The van der Waals surface area contributed by atoms with E-state index in [1.54, 1.807) is 0 Å². The molecule has 16 heavy (non-hydrogen) atoms. The van der Waals surface area contributed by atoms with E-state index in [9.17, 15) is 0 Å². The Morgan fingerprint density at radius 2 is 2.06 bits per heavy atom. The average Bonchev–Trinajstić information content (AvgIpc) is 2.75. The highest BCUT2D eigenvalue weighted by Gasteiger charge is 2.17. The van der Waals surface area contributed by atoms with Gasteiger partial charge >= 0.3 is 0 Å². The summed E-state index contributed by atoms with van der Waals surface area (Å²) in [5.74, 6) is 0.800. The molecule has 1 aliphatic rings. The van der Waals surface area contributed by atoms with Crippen molar-refractivity contribution in [3.63, 3.8) is 0 Å². The van der Waals surface area contributed by atoms with Gasteiger partial charge in [-0.3, -0.25) is 0 Å². The Morgan fingerprint density at radius 1 is 1.19 bits per heavy atom. The molecule has 0 N–H and O–H groups in total. The molecule has 0 radical (unpaired) electrons. The van der Waals surface area contributed by atoms with E-state index in [-0.39, 0.29) is 5.78 Å². The summed E-state index contributed by atoms with van der Waals surface area (Å²) in [5, 5.41) is 1.13. The molecule has 2 unspecified atom stereocenters. The van der Waals surface area contributed by atoms with E-state index in [1.807, 2.05) is 36.4 Å². The van der Waals surface area contributed by atoms with Crippen LogP contribution in [0.5, 0.6) is 0 Å². The maximum Gasteiger partial charge on any atom is 0.236 e. The molecule has 3 nitrogen and oxygen atoms in total. The van der Waals surface area contributed by atoms with Gasteiger partial charge in [0.1, 0.15) is 18.1 Å². The summed E-state index contributed by atoms with van der Waals surface area (Å²) in [4.78, 5) is 8.89. The zero-order valence-electron chi connectivity index (χ0n) is 8.63. The third-order valence-electron chi connectivity index (χ3n) is 2.49. The molecule has 2 aromatic rings. The summed E-state index contributed by atoms with van der Waals surface area (Å²) < 4.78 is 5.47. The zero-order chi connectivity index (χ0) is 11.0. The fourth-order valence-corrected chi connectivity index (χ4v) is 1.95. The van der Waals surface area contributed by atoms with Crippen molar-refractivity contribution in [2.45, 2.75) is 5.78 Å². The first-order valence-corrected chi connectivity index (χ1v) is 5.82. The first kappa shape index (κ1) is 9.73. The fourth-order valence-electron chi connectivity index (χ4n) is 1.71. The fraction of sp³-hybridized carbons (Fsp3) is 0.167. The van der Waals surface area contributed by atoms with Gasteiger partial charge in [0.15, 0.2) is 0 Å². The smallest absolute Gasteiger partial charge is 0.236 e. The van der Waals surface area contributed by atoms with Crippen molar-refractivity contribution in [3.05, 3.63) is 42.1 Å². The Hall–Kier alpha value is -1.47. The van der Waals surface area contributed by atoms with Crippen LogP contribution in [-0.4, -0.2) is 23.3 Å². The van der Waals surface area contributed by atoms with E-state index in [4.69, 9.17) is 4.74 Å². The summed E-state index contributed by atoms with van der Waals surface area (Å²) in [5.41, 5.74) is 1.78. The van der Waals surface area contributed by atoms with Crippen molar-refractivity contribution in [1.29, 1.82) is 0 Å². The number of benzene rings is 1. The molecule has 1 aromatic heterocycles. The molecule has 0 saturated heterocycles. The Balaban J connectivity index is 2.09. The van der Waals surface area contributed by atoms with Crippen LogP contribution in [0.2, 0.25) is 0 Å². The van der Waals surface area contributed by atoms with Gasteiger partial charge in [-0.25, -0.2) is 9.98 Å². The van der Waals surface area contributed by atoms with Gasteiger partial charge in [0, 0.05) is 5.39 Å². The SMILES string of the molecule is PC1COC(c2ccc3ccccc3n2)=N1. The third-order valence-corrected chi connectivity index (χ3v) is 2.83. The first-order valence-electron chi connectivity index (χ1n) is 5.15. The van der Waals surface area contributed by atoms with Crippen LogP contribution in [0.3, 0.4) is 0 Å². The number of aliphatic imine (C=N–C) groups is 1. The molecule has 80 valence electrons. The van der Waals surface area contributed by atoms with Crippen LogP contribution in [0.4, 0.5) is 0 Å². The molecule has 0 aliphatic carbocycles. The summed E-state index contributed by atoms with van der Waals surface area (Å²) in [6.45, 7) is 0.620. The van der Waals surface area contributed by atoms with Crippen LogP contribution in [0.1, 0.15) is 5.69 Å². The van der Waals surface area contributed by atoms with Crippen LogP contribution in [0, 0.1) is 0 Å². The van der Waals surface area contributed by atoms with Crippen molar-refractivity contribution in [1.82, 2.24) is 4.98 Å². The molecule has 0 amide bonds. The largest absolute Gasteiger partial charge is 0.474 e. The number of rotatable bonds is 1. The lowest BCUT2D eigenvalue weighted by Crippen LogP contribution is -2.03. The highest BCUT2D eigenvalue weighted by Crippen LogP contribution is 2.17. The van der Waals surface area contributed by atoms with Crippen molar-refractivity contribution in [3.8, 4) is 0 Å². The summed E-state index contributed by atoms with van der Waals surface area (Å²) in [7, 11) is 2.64. The van der Waals surface area contributed by atoms with E-state index < -0.39 is 0 Å². The minimum atomic E-state index is 0.156.